The van der Waals surface area contributed by atoms with Crippen LogP contribution in [0.25, 0.3) is 0 Å². The molecule has 3 rings (SSSR count). The maximum Gasteiger partial charge on any atom is 0.310 e. The van der Waals surface area contributed by atoms with Crippen LogP contribution < -0.4 is 0 Å². The van der Waals surface area contributed by atoms with Gasteiger partial charge in [0, 0.05) is 7.11 Å². The van der Waals surface area contributed by atoms with Crippen LogP contribution in [0.4, 0.5) is 0 Å². The monoisotopic (exact) mass is 303 g/mol. The normalized spacial score (nSPS) is 24.7. The van der Waals surface area contributed by atoms with Crippen LogP contribution in [0.3, 0.4) is 0 Å². The first-order chi connectivity index (χ1) is 10.7. The summed E-state index contributed by atoms with van der Waals surface area (Å²) in [7, 11) is 1.51. The van der Waals surface area contributed by atoms with E-state index in [1.54, 1.807) is 6.08 Å². The Morgan fingerprint density at radius 3 is 2.86 bits per heavy atom. The molecule has 0 saturated carbocycles. The molecule has 2 saturated heterocycles. The van der Waals surface area contributed by atoms with E-state index in [1.165, 1.54) is 12.0 Å². The number of ether oxygens (including phenoxy) is 3. The summed E-state index contributed by atoms with van der Waals surface area (Å²) in [5, 5.41) is 0. The summed E-state index contributed by atoms with van der Waals surface area (Å²) in [4.78, 5) is 24.7. The van der Waals surface area contributed by atoms with Crippen LogP contribution >= 0.6 is 0 Å². The van der Waals surface area contributed by atoms with Crippen molar-refractivity contribution in [3.8, 4) is 0 Å². The molecule has 0 radical (unpaired) electrons. The second-order valence-corrected chi connectivity index (χ2v) is 5.12. The van der Waals surface area contributed by atoms with Crippen molar-refractivity contribution in [1.29, 1.82) is 0 Å². The molecule has 2 heterocycles. The second-order valence-electron chi connectivity index (χ2n) is 5.12. The molecular formula is C16H17NO5. The molecule has 1 aromatic carbocycles. The van der Waals surface area contributed by atoms with Crippen LogP contribution in [0.1, 0.15) is 12.0 Å². The lowest BCUT2D eigenvalue weighted by Crippen LogP contribution is -2.53. The van der Waals surface area contributed by atoms with E-state index in [9.17, 15) is 9.59 Å². The van der Waals surface area contributed by atoms with Gasteiger partial charge in [0.25, 0.3) is 0 Å². The smallest absolute Gasteiger partial charge is 0.310 e. The molecule has 1 amide bonds. The van der Waals surface area contributed by atoms with Gasteiger partial charge in [-0.25, -0.2) is 0 Å². The summed E-state index contributed by atoms with van der Waals surface area (Å²) in [5.41, 5.74) is 0.904. The predicted octanol–water partition coefficient (Wildman–Crippen LogP) is 1.22. The van der Waals surface area contributed by atoms with Gasteiger partial charge in [-0.15, -0.1) is 0 Å². The number of hydrogen-bond acceptors (Lipinski definition) is 5. The van der Waals surface area contributed by atoms with Gasteiger partial charge in [-0.05, 0) is 11.6 Å². The number of carbonyl (C=O) groups excluding carboxylic acids is 2. The molecule has 2 aliphatic heterocycles. The number of rotatable bonds is 5. The number of fused-ring (bicyclic) bond motifs is 1. The molecule has 2 fully saturated rings. The fourth-order valence-corrected chi connectivity index (χ4v) is 2.54. The lowest BCUT2D eigenvalue weighted by atomic mass is 10.2. The molecule has 6 heteroatoms. The molecule has 0 bridgehead atoms. The molecule has 0 aliphatic carbocycles. The number of β-lactam (4-membered cyclic amide) rings is 1. The second kappa shape index (κ2) is 6.19. The first-order valence-corrected chi connectivity index (χ1v) is 7.09. The quantitative estimate of drug-likeness (QED) is 0.604. The number of esters is 1. The Hall–Kier alpha value is -2.34. The number of methoxy groups -OCH3 is 1. The fraction of sp³-hybridized carbons (Fsp3) is 0.375. The summed E-state index contributed by atoms with van der Waals surface area (Å²) in [6, 6.07) is 9.39. The third kappa shape index (κ3) is 2.82. The minimum absolute atomic E-state index is 0.00122. The molecular weight excluding hydrogens is 286 g/mol. The van der Waals surface area contributed by atoms with Gasteiger partial charge in [0.1, 0.15) is 12.4 Å². The molecule has 0 aromatic heterocycles. The summed E-state index contributed by atoms with van der Waals surface area (Å²) < 4.78 is 16.0. The highest BCUT2D eigenvalue weighted by Crippen LogP contribution is 2.36. The Morgan fingerprint density at radius 2 is 2.18 bits per heavy atom. The van der Waals surface area contributed by atoms with Crippen molar-refractivity contribution >= 4 is 11.9 Å². The van der Waals surface area contributed by atoms with Crippen molar-refractivity contribution in [2.75, 3.05) is 13.7 Å². The zero-order valence-electron chi connectivity index (χ0n) is 12.2. The summed E-state index contributed by atoms with van der Waals surface area (Å²) in [5.74, 6) is 0.210. The third-order valence-corrected chi connectivity index (χ3v) is 3.66. The largest absolute Gasteiger partial charge is 0.470 e. The lowest BCUT2D eigenvalue weighted by Gasteiger charge is -2.33. The highest BCUT2D eigenvalue weighted by atomic mass is 16.6. The first-order valence-electron chi connectivity index (χ1n) is 7.09. The molecule has 1 aromatic rings. The number of nitrogens with zero attached hydrogens (tertiary/aromatic N) is 1. The van der Waals surface area contributed by atoms with E-state index < -0.39 is 6.23 Å². The van der Waals surface area contributed by atoms with Gasteiger partial charge >= 0.3 is 5.97 Å². The fourth-order valence-electron chi connectivity index (χ4n) is 2.54. The topological polar surface area (TPSA) is 65.1 Å². The molecule has 6 nitrogen and oxygen atoms in total. The Kier molecular flexibility index (Phi) is 4.11. The van der Waals surface area contributed by atoms with Crippen molar-refractivity contribution in [1.82, 2.24) is 4.90 Å². The van der Waals surface area contributed by atoms with Crippen molar-refractivity contribution in [2.45, 2.75) is 25.3 Å². The molecule has 2 atom stereocenters. The molecule has 1 unspecified atom stereocenters. The Labute approximate surface area is 128 Å². The van der Waals surface area contributed by atoms with Crippen LogP contribution in [-0.2, 0) is 30.2 Å². The van der Waals surface area contributed by atoms with Crippen LogP contribution in [0.2, 0.25) is 0 Å². The van der Waals surface area contributed by atoms with Crippen molar-refractivity contribution in [2.24, 2.45) is 0 Å². The molecule has 2 aliphatic rings. The summed E-state index contributed by atoms with van der Waals surface area (Å²) in [6.07, 6.45) is 1.47. The van der Waals surface area contributed by atoms with E-state index in [-0.39, 0.29) is 31.1 Å². The van der Waals surface area contributed by atoms with E-state index in [2.05, 4.69) is 0 Å². The van der Waals surface area contributed by atoms with Gasteiger partial charge in [-0.3, -0.25) is 14.5 Å². The Bertz CT molecular complexity index is 598. The molecule has 0 N–H and O–H groups in total. The van der Waals surface area contributed by atoms with Crippen LogP contribution in [-0.4, -0.2) is 42.9 Å². The summed E-state index contributed by atoms with van der Waals surface area (Å²) >= 11 is 0. The number of benzene rings is 1. The predicted molar refractivity (Wildman–Crippen MR) is 76.3 cm³/mol. The number of hydrogen-bond donors (Lipinski definition) is 0. The zero-order chi connectivity index (χ0) is 15.5. The average Bonchev–Trinajstić information content (AvgIpc) is 2.80. The average molecular weight is 303 g/mol. The van der Waals surface area contributed by atoms with Gasteiger partial charge in [0.2, 0.25) is 5.91 Å². The molecule has 22 heavy (non-hydrogen) atoms. The minimum atomic E-state index is -0.515. The van der Waals surface area contributed by atoms with Crippen LogP contribution in [0.15, 0.2) is 42.2 Å². The van der Waals surface area contributed by atoms with Crippen molar-refractivity contribution in [3.05, 3.63) is 47.7 Å². The van der Waals surface area contributed by atoms with Crippen molar-refractivity contribution < 1.29 is 23.8 Å². The van der Waals surface area contributed by atoms with Crippen LogP contribution in [0.5, 0.6) is 0 Å². The highest BCUT2D eigenvalue weighted by molar-refractivity contribution is 5.83. The van der Waals surface area contributed by atoms with Gasteiger partial charge in [0.05, 0.1) is 12.8 Å². The van der Waals surface area contributed by atoms with Gasteiger partial charge in [-0.1, -0.05) is 30.3 Å². The van der Waals surface area contributed by atoms with E-state index in [0.29, 0.717) is 12.2 Å². The molecule has 0 spiro atoms. The van der Waals surface area contributed by atoms with E-state index in [4.69, 9.17) is 14.2 Å². The maximum absolute atomic E-state index is 11.7. The zero-order valence-corrected chi connectivity index (χ0v) is 12.2. The minimum Gasteiger partial charge on any atom is -0.470 e. The van der Waals surface area contributed by atoms with Gasteiger partial charge in [0.15, 0.2) is 12.5 Å². The van der Waals surface area contributed by atoms with Crippen molar-refractivity contribution in [3.63, 3.8) is 0 Å². The lowest BCUT2D eigenvalue weighted by molar-refractivity contribution is -0.165. The van der Waals surface area contributed by atoms with E-state index >= 15 is 0 Å². The van der Waals surface area contributed by atoms with Gasteiger partial charge < -0.3 is 14.2 Å². The number of amides is 1. The van der Waals surface area contributed by atoms with Crippen LogP contribution in [0, 0.1) is 0 Å². The Morgan fingerprint density at radius 1 is 1.41 bits per heavy atom. The van der Waals surface area contributed by atoms with E-state index in [0.717, 1.165) is 5.56 Å². The molecule has 116 valence electrons. The third-order valence-electron chi connectivity index (χ3n) is 3.66. The Balaban J connectivity index is 1.51. The van der Waals surface area contributed by atoms with E-state index in [1.807, 2.05) is 30.3 Å². The maximum atomic E-state index is 11.7. The summed E-state index contributed by atoms with van der Waals surface area (Å²) in [6.45, 7) is 0.0929. The standard InChI is InChI=1S/C16H17NO5/c1-20-16-12(22-14-10-13(18)17(14)16)7-8-21-15(19)9-11-5-3-2-4-6-11/h2-7,14,16H,8-10H2,1H3/b12-7+/t14-,16?/m1/s1. The highest BCUT2D eigenvalue weighted by Gasteiger charge is 2.50. The van der Waals surface area contributed by atoms with Gasteiger partial charge in [-0.2, -0.15) is 0 Å². The SMILES string of the molecule is COC1/C(=C\COC(=O)Cc2ccccc2)O[C@@H]2CC(=O)N12. The first kappa shape index (κ1) is 14.6. The number of carbonyl (C=O) groups is 2.